The van der Waals surface area contributed by atoms with E-state index in [1.165, 1.54) is 12.1 Å². The van der Waals surface area contributed by atoms with Crippen LogP contribution >= 0.6 is 0 Å². The second-order valence-electron chi connectivity index (χ2n) is 6.79. The van der Waals surface area contributed by atoms with Crippen molar-refractivity contribution >= 4 is 29.7 Å². The predicted octanol–water partition coefficient (Wildman–Crippen LogP) is -0.0467. The van der Waals surface area contributed by atoms with Crippen molar-refractivity contribution in [3.63, 3.8) is 0 Å². The molecular formula is C26H30N3NaO4. The van der Waals surface area contributed by atoms with Crippen LogP contribution in [-0.2, 0) is 16.0 Å². The Balaban J connectivity index is 0.000000706. The van der Waals surface area contributed by atoms with Crippen molar-refractivity contribution in [1.29, 1.82) is 0 Å². The molecule has 174 valence electrons. The zero-order valence-corrected chi connectivity index (χ0v) is 22.1. The van der Waals surface area contributed by atoms with E-state index < -0.39 is 12.0 Å². The number of nitrogen functional groups attached to an aromatic ring is 1. The van der Waals surface area contributed by atoms with Crippen LogP contribution < -0.4 is 51.0 Å². The molecule has 2 amide bonds. The molecule has 1 atom stereocenters. The Labute approximate surface area is 223 Å². The number of benzene rings is 3. The maximum absolute atomic E-state index is 12.2. The standard InChI is InChI=1S/C16H17N3O2.C8H8O2.C2H6.Na/c17-13-6-8-14(9-7-13)19-16(21)15(18-11-20)10-12-4-2-1-3-5-12;1-6-2-4-7(5-3-6)8(9)10;1-2;/h1-9,11,15H,10,17H2,(H,18,20)(H,19,21);2-5H,1H3,(H,9,10);1-2H3;/q;;;+1/p-1. The molecule has 8 heteroatoms. The van der Waals surface area contributed by atoms with Gasteiger partial charge in [0.2, 0.25) is 12.3 Å². The van der Waals surface area contributed by atoms with Gasteiger partial charge in [-0.1, -0.05) is 74.0 Å². The number of nitrogens with one attached hydrogen (secondary N) is 2. The number of rotatable bonds is 7. The van der Waals surface area contributed by atoms with Gasteiger partial charge in [0, 0.05) is 17.8 Å². The second-order valence-corrected chi connectivity index (χ2v) is 6.79. The van der Waals surface area contributed by atoms with Gasteiger partial charge in [0.05, 0.1) is 5.97 Å². The average Bonchev–Trinajstić information content (AvgIpc) is 2.83. The molecule has 1 unspecified atom stereocenters. The average molecular weight is 472 g/mol. The van der Waals surface area contributed by atoms with Crippen molar-refractivity contribution in [2.45, 2.75) is 33.2 Å². The van der Waals surface area contributed by atoms with E-state index in [1.54, 1.807) is 36.4 Å². The van der Waals surface area contributed by atoms with Gasteiger partial charge in [-0.25, -0.2) is 0 Å². The maximum Gasteiger partial charge on any atom is 1.00 e. The normalized spacial score (nSPS) is 9.97. The van der Waals surface area contributed by atoms with E-state index in [9.17, 15) is 19.5 Å². The third-order valence-corrected chi connectivity index (χ3v) is 4.33. The Bertz CT molecular complexity index is 995. The van der Waals surface area contributed by atoms with Gasteiger partial charge in [-0.2, -0.15) is 0 Å². The molecule has 0 saturated carbocycles. The molecule has 7 nitrogen and oxygen atoms in total. The topological polar surface area (TPSA) is 124 Å². The summed E-state index contributed by atoms with van der Waals surface area (Å²) in [4.78, 5) is 33.1. The second kappa shape index (κ2) is 17.4. The van der Waals surface area contributed by atoms with Crippen molar-refractivity contribution < 1.29 is 49.0 Å². The van der Waals surface area contributed by atoms with Crippen molar-refractivity contribution in [3.8, 4) is 0 Å². The van der Waals surface area contributed by atoms with E-state index in [1.807, 2.05) is 51.1 Å². The molecule has 3 aromatic rings. The number of anilines is 2. The Hall–Kier alpha value is -3.13. The summed E-state index contributed by atoms with van der Waals surface area (Å²) in [5.41, 5.74) is 9.11. The van der Waals surface area contributed by atoms with Crippen molar-refractivity contribution in [3.05, 3.63) is 95.6 Å². The molecule has 34 heavy (non-hydrogen) atoms. The molecule has 0 bridgehead atoms. The zero-order chi connectivity index (χ0) is 24.6. The first-order valence-corrected chi connectivity index (χ1v) is 10.6. The first-order chi connectivity index (χ1) is 15.9. The van der Waals surface area contributed by atoms with Crippen LogP contribution in [0.1, 0.15) is 35.3 Å². The van der Waals surface area contributed by atoms with E-state index >= 15 is 0 Å². The SMILES string of the molecule is CC.Cc1ccc(C(=O)[O-])cc1.Nc1ccc(NC(=O)C(Cc2ccccc2)NC=O)cc1.[Na+]. The summed E-state index contributed by atoms with van der Waals surface area (Å²) in [5.74, 6) is -1.39. The minimum absolute atomic E-state index is 0. The van der Waals surface area contributed by atoms with Crippen LogP contribution in [0.5, 0.6) is 0 Å². The quantitative estimate of drug-likeness (QED) is 0.253. The molecule has 0 aliphatic carbocycles. The molecule has 0 fully saturated rings. The van der Waals surface area contributed by atoms with Crippen LogP contribution in [0.15, 0.2) is 78.9 Å². The number of carbonyl (C=O) groups is 3. The molecule has 0 aliphatic rings. The van der Waals surface area contributed by atoms with Crippen LogP contribution in [0.25, 0.3) is 0 Å². The van der Waals surface area contributed by atoms with Gasteiger partial charge in [0.15, 0.2) is 0 Å². The van der Waals surface area contributed by atoms with Crippen LogP contribution in [0.4, 0.5) is 11.4 Å². The van der Waals surface area contributed by atoms with Gasteiger partial charge in [-0.3, -0.25) is 9.59 Å². The third kappa shape index (κ3) is 11.7. The molecule has 0 aliphatic heterocycles. The van der Waals surface area contributed by atoms with E-state index in [0.717, 1.165) is 11.1 Å². The van der Waals surface area contributed by atoms with Gasteiger partial charge < -0.3 is 26.3 Å². The molecule has 3 aromatic carbocycles. The Morgan fingerprint density at radius 3 is 2.00 bits per heavy atom. The predicted molar refractivity (Wildman–Crippen MR) is 129 cm³/mol. The fraction of sp³-hybridized carbons (Fsp3) is 0.192. The van der Waals surface area contributed by atoms with E-state index in [-0.39, 0.29) is 41.0 Å². The van der Waals surface area contributed by atoms with Gasteiger partial charge >= 0.3 is 29.6 Å². The van der Waals surface area contributed by atoms with Crippen LogP contribution in [-0.4, -0.2) is 24.3 Å². The largest absolute Gasteiger partial charge is 1.00 e. The number of carboxylic acids is 1. The minimum atomic E-state index is -1.12. The van der Waals surface area contributed by atoms with E-state index in [4.69, 9.17) is 5.73 Å². The van der Waals surface area contributed by atoms with Gasteiger partial charge in [0.25, 0.3) is 0 Å². The number of carboxylic acid groups (broad SMARTS) is 1. The Morgan fingerprint density at radius 1 is 0.941 bits per heavy atom. The van der Waals surface area contributed by atoms with E-state index in [2.05, 4.69) is 10.6 Å². The summed E-state index contributed by atoms with van der Waals surface area (Å²) in [6, 6.07) is 22.3. The van der Waals surface area contributed by atoms with Crippen LogP contribution in [0.3, 0.4) is 0 Å². The summed E-state index contributed by atoms with van der Waals surface area (Å²) >= 11 is 0. The minimum Gasteiger partial charge on any atom is -0.545 e. The molecule has 0 aromatic heterocycles. The number of hydrogen-bond acceptors (Lipinski definition) is 5. The smallest absolute Gasteiger partial charge is 0.545 e. The van der Waals surface area contributed by atoms with Gasteiger partial charge in [0.1, 0.15) is 6.04 Å². The molecule has 0 radical (unpaired) electrons. The molecule has 0 spiro atoms. The molecule has 4 N–H and O–H groups in total. The Morgan fingerprint density at radius 2 is 1.50 bits per heavy atom. The van der Waals surface area contributed by atoms with Crippen LogP contribution in [0.2, 0.25) is 0 Å². The third-order valence-electron chi connectivity index (χ3n) is 4.33. The zero-order valence-electron chi connectivity index (χ0n) is 20.1. The molecule has 3 rings (SSSR count). The maximum atomic E-state index is 12.2. The fourth-order valence-corrected chi connectivity index (χ4v) is 2.64. The molecule has 0 saturated heterocycles. The summed E-state index contributed by atoms with van der Waals surface area (Å²) < 4.78 is 0. The van der Waals surface area contributed by atoms with Crippen molar-refractivity contribution in [2.75, 3.05) is 11.1 Å². The molecular weight excluding hydrogens is 441 g/mol. The summed E-state index contributed by atoms with van der Waals surface area (Å²) in [6.45, 7) is 5.90. The monoisotopic (exact) mass is 471 g/mol. The van der Waals surface area contributed by atoms with Gasteiger partial charge in [-0.15, -0.1) is 0 Å². The van der Waals surface area contributed by atoms with Gasteiger partial charge in [-0.05, 0) is 42.3 Å². The number of nitrogens with two attached hydrogens (primary N) is 1. The number of carbonyl (C=O) groups excluding carboxylic acids is 3. The number of aryl methyl sites for hydroxylation is 1. The van der Waals surface area contributed by atoms with E-state index in [0.29, 0.717) is 24.2 Å². The first-order valence-electron chi connectivity index (χ1n) is 10.6. The molecule has 0 heterocycles. The summed E-state index contributed by atoms with van der Waals surface area (Å²) in [6.07, 6.45) is 0.969. The van der Waals surface area contributed by atoms with Crippen molar-refractivity contribution in [1.82, 2.24) is 5.32 Å². The first kappa shape index (κ1) is 30.9. The number of amides is 2. The van der Waals surface area contributed by atoms with Crippen molar-refractivity contribution in [2.24, 2.45) is 0 Å². The summed E-state index contributed by atoms with van der Waals surface area (Å²) in [5, 5.41) is 15.5. The Kier molecular flexibility index (Phi) is 15.8. The number of aromatic carboxylic acids is 1. The fourth-order valence-electron chi connectivity index (χ4n) is 2.64. The summed E-state index contributed by atoms with van der Waals surface area (Å²) in [7, 11) is 0. The number of hydrogen-bond donors (Lipinski definition) is 3. The van der Waals surface area contributed by atoms with Crippen LogP contribution in [0, 0.1) is 6.92 Å².